The van der Waals surface area contributed by atoms with Gasteiger partial charge in [-0.15, -0.1) is 0 Å². The quantitative estimate of drug-likeness (QED) is 0.919. The zero-order chi connectivity index (χ0) is 14.6. The Bertz CT molecular complexity index is 881. The smallest absolute Gasteiger partial charge is 0.337 e. The van der Waals surface area contributed by atoms with Gasteiger partial charge in [0.05, 0.1) is 0 Å². The fraction of sp³-hybridized carbons (Fsp3) is 0.533. The van der Waals surface area contributed by atoms with Crippen molar-refractivity contribution in [1.82, 2.24) is 9.55 Å². The maximum absolute atomic E-state index is 12.6. The van der Waals surface area contributed by atoms with Crippen molar-refractivity contribution in [3.63, 3.8) is 0 Å². The average Bonchev–Trinajstić information content (AvgIpc) is 3.29. The third-order valence-electron chi connectivity index (χ3n) is 4.35. The van der Waals surface area contributed by atoms with E-state index in [2.05, 4.69) is 4.98 Å². The molecule has 2 saturated carbocycles. The van der Waals surface area contributed by atoms with Crippen molar-refractivity contribution < 1.29 is 4.42 Å². The maximum Gasteiger partial charge on any atom is 0.337 e. The van der Waals surface area contributed by atoms with E-state index < -0.39 is 11.3 Å². The zero-order valence-corrected chi connectivity index (χ0v) is 11.6. The van der Waals surface area contributed by atoms with Gasteiger partial charge in [0, 0.05) is 12.1 Å². The fourth-order valence-electron chi connectivity index (χ4n) is 2.86. The second kappa shape index (κ2) is 4.44. The first-order valence-corrected chi connectivity index (χ1v) is 7.45. The van der Waals surface area contributed by atoms with E-state index in [0.29, 0.717) is 23.3 Å². The molecule has 2 aromatic heterocycles. The number of aryl methyl sites for hydroxylation is 1. The zero-order valence-electron chi connectivity index (χ0n) is 11.6. The summed E-state index contributed by atoms with van der Waals surface area (Å²) in [6, 6.07) is 1.38. The molecule has 0 radical (unpaired) electrons. The molecule has 21 heavy (non-hydrogen) atoms. The van der Waals surface area contributed by atoms with E-state index in [1.54, 1.807) is 0 Å². The van der Waals surface area contributed by atoms with Gasteiger partial charge in [0.15, 0.2) is 0 Å². The van der Waals surface area contributed by atoms with E-state index >= 15 is 0 Å². The molecular weight excluding hydrogens is 272 g/mol. The number of aromatic nitrogens is 2. The highest BCUT2D eigenvalue weighted by atomic mass is 16.4. The first kappa shape index (κ1) is 12.6. The van der Waals surface area contributed by atoms with Crippen molar-refractivity contribution in [2.24, 2.45) is 5.92 Å². The first-order valence-electron chi connectivity index (χ1n) is 7.45. The Kier molecular flexibility index (Phi) is 2.67. The van der Waals surface area contributed by atoms with Crippen LogP contribution in [-0.2, 0) is 6.42 Å². The Morgan fingerprint density at radius 3 is 2.62 bits per heavy atom. The summed E-state index contributed by atoms with van der Waals surface area (Å²) in [5, 5.41) is 0.363. The van der Waals surface area contributed by atoms with Gasteiger partial charge in [0.25, 0.3) is 5.56 Å². The molecule has 0 amide bonds. The van der Waals surface area contributed by atoms with Gasteiger partial charge in [0.2, 0.25) is 5.71 Å². The van der Waals surface area contributed by atoms with Crippen molar-refractivity contribution in [1.29, 1.82) is 0 Å². The van der Waals surface area contributed by atoms with Crippen LogP contribution in [0.5, 0.6) is 0 Å². The lowest BCUT2D eigenvalue weighted by molar-refractivity contribution is 0.535. The van der Waals surface area contributed by atoms with Crippen LogP contribution in [0.15, 0.2) is 24.9 Å². The molecule has 6 nitrogen and oxygen atoms in total. The second-order valence-electron chi connectivity index (χ2n) is 6.11. The normalized spacial score (nSPS) is 18.3. The second-order valence-corrected chi connectivity index (χ2v) is 6.11. The summed E-state index contributed by atoms with van der Waals surface area (Å²) in [5.41, 5.74) is -0.625. The summed E-state index contributed by atoms with van der Waals surface area (Å²) < 4.78 is 6.28. The SMILES string of the molecule is O=c1cc(CCC2CC2)c2c(=O)n(C3CC3)c(=O)[nH]c2o1. The van der Waals surface area contributed by atoms with Crippen molar-refractivity contribution in [3.05, 3.63) is 42.9 Å². The van der Waals surface area contributed by atoms with E-state index in [4.69, 9.17) is 4.42 Å². The Morgan fingerprint density at radius 2 is 1.95 bits per heavy atom. The topological polar surface area (TPSA) is 85.1 Å². The van der Waals surface area contributed by atoms with Gasteiger partial charge in [-0.1, -0.05) is 12.8 Å². The van der Waals surface area contributed by atoms with Crippen LogP contribution in [0.3, 0.4) is 0 Å². The van der Waals surface area contributed by atoms with E-state index in [1.165, 1.54) is 23.5 Å². The molecule has 2 aromatic rings. The standard InChI is InChI=1S/C15H16N2O4/c18-11-7-9(4-3-8-1-2-8)12-13(21-11)16-15(20)17(14(12)19)10-5-6-10/h7-8,10H,1-6H2,(H,16,20). The van der Waals surface area contributed by atoms with Crippen LogP contribution in [0.4, 0.5) is 0 Å². The molecular formula is C15H16N2O4. The van der Waals surface area contributed by atoms with Crippen LogP contribution in [-0.4, -0.2) is 9.55 Å². The lowest BCUT2D eigenvalue weighted by atomic mass is 10.1. The summed E-state index contributed by atoms with van der Waals surface area (Å²) in [6.45, 7) is 0. The number of fused-ring (bicyclic) bond motifs is 1. The summed E-state index contributed by atoms with van der Waals surface area (Å²) >= 11 is 0. The van der Waals surface area contributed by atoms with E-state index in [9.17, 15) is 14.4 Å². The van der Waals surface area contributed by atoms with Gasteiger partial charge < -0.3 is 4.42 Å². The van der Waals surface area contributed by atoms with Crippen LogP contribution in [0.25, 0.3) is 11.1 Å². The Balaban J connectivity index is 1.93. The number of hydrogen-bond acceptors (Lipinski definition) is 4. The largest absolute Gasteiger partial charge is 0.405 e. The lowest BCUT2D eigenvalue weighted by Gasteiger charge is -2.07. The predicted molar refractivity (Wildman–Crippen MR) is 76.7 cm³/mol. The van der Waals surface area contributed by atoms with E-state index in [-0.39, 0.29) is 17.3 Å². The summed E-state index contributed by atoms with van der Waals surface area (Å²) in [7, 11) is 0. The number of nitrogens with one attached hydrogen (secondary N) is 1. The van der Waals surface area contributed by atoms with Crippen molar-refractivity contribution in [3.8, 4) is 0 Å². The Labute approximate surface area is 119 Å². The molecule has 0 bridgehead atoms. The first-order chi connectivity index (χ1) is 10.1. The van der Waals surface area contributed by atoms with Gasteiger partial charge in [-0.25, -0.2) is 9.59 Å². The molecule has 0 aliphatic heterocycles. The highest BCUT2D eigenvalue weighted by Crippen LogP contribution is 2.34. The molecule has 4 rings (SSSR count). The molecule has 2 aliphatic rings. The van der Waals surface area contributed by atoms with E-state index in [1.807, 2.05) is 0 Å². The molecule has 6 heteroatoms. The number of aromatic amines is 1. The average molecular weight is 288 g/mol. The number of H-pyrrole nitrogens is 1. The summed E-state index contributed by atoms with van der Waals surface area (Å²) in [5.74, 6) is 0.709. The van der Waals surface area contributed by atoms with Crippen molar-refractivity contribution >= 4 is 11.1 Å². The summed E-state index contributed by atoms with van der Waals surface area (Å²) in [4.78, 5) is 38.8. The predicted octanol–water partition coefficient (Wildman–Crippen LogP) is 1.32. The molecule has 1 N–H and O–H groups in total. The van der Waals surface area contributed by atoms with E-state index in [0.717, 1.165) is 19.3 Å². The van der Waals surface area contributed by atoms with Crippen LogP contribution in [0.2, 0.25) is 0 Å². The van der Waals surface area contributed by atoms with Gasteiger partial charge in [-0.3, -0.25) is 14.3 Å². The van der Waals surface area contributed by atoms with Crippen LogP contribution < -0.4 is 16.9 Å². The lowest BCUT2D eigenvalue weighted by Crippen LogP contribution is -2.35. The molecule has 2 aliphatic carbocycles. The van der Waals surface area contributed by atoms with Crippen LogP contribution in [0.1, 0.15) is 43.7 Å². The minimum Gasteiger partial charge on any atom is -0.405 e. The Hall–Kier alpha value is -2.11. The minimum absolute atomic E-state index is 0.00569. The number of rotatable bonds is 4. The molecule has 110 valence electrons. The van der Waals surface area contributed by atoms with Crippen LogP contribution in [0, 0.1) is 5.92 Å². The fourth-order valence-corrected chi connectivity index (χ4v) is 2.86. The maximum atomic E-state index is 12.6. The minimum atomic E-state index is -0.521. The van der Waals surface area contributed by atoms with Gasteiger partial charge in [-0.05, 0) is 37.2 Å². The molecule has 0 saturated heterocycles. The van der Waals surface area contributed by atoms with Gasteiger partial charge in [-0.2, -0.15) is 0 Å². The highest BCUT2D eigenvalue weighted by Gasteiger charge is 2.29. The van der Waals surface area contributed by atoms with Gasteiger partial charge in [0.1, 0.15) is 5.39 Å². The molecule has 2 heterocycles. The molecule has 0 atom stereocenters. The van der Waals surface area contributed by atoms with Crippen molar-refractivity contribution in [2.75, 3.05) is 0 Å². The molecule has 0 unspecified atom stereocenters. The Morgan fingerprint density at radius 1 is 1.19 bits per heavy atom. The highest BCUT2D eigenvalue weighted by molar-refractivity contribution is 5.75. The van der Waals surface area contributed by atoms with Gasteiger partial charge >= 0.3 is 11.3 Å². The molecule has 2 fully saturated rings. The van der Waals surface area contributed by atoms with Crippen molar-refractivity contribution in [2.45, 2.75) is 44.6 Å². The summed E-state index contributed by atoms with van der Waals surface area (Å²) in [6.07, 6.45) is 5.80. The molecule has 0 spiro atoms. The number of nitrogens with zero attached hydrogens (tertiary/aromatic N) is 1. The monoisotopic (exact) mass is 288 g/mol. The number of hydrogen-bond donors (Lipinski definition) is 1. The third kappa shape index (κ3) is 2.24. The van der Waals surface area contributed by atoms with Crippen LogP contribution >= 0.6 is 0 Å². The third-order valence-corrected chi connectivity index (χ3v) is 4.35. The molecule has 0 aromatic carbocycles.